The molecule has 3 rings (SSSR count). The minimum Gasteiger partial charge on any atom is -0.261 e. The van der Waals surface area contributed by atoms with Gasteiger partial charge in [0.15, 0.2) is 0 Å². The third kappa shape index (κ3) is 2.41. The Morgan fingerprint density at radius 1 is 1.20 bits per heavy atom. The van der Waals surface area contributed by atoms with E-state index in [2.05, 4.69) is 42.4 Å². The standard InChI is InChI=1S/C13H7BrN6/c14-11-5-12(8-16-7-11)20-18-13(17-19-20)10-3-1-2-9(4-10)6-15/h1-5,7-8H. The molecule has 0 aliphatic carbocycles. The van der Waals surface area contributed by atoms with Gasteiger partial charge in [0, 0.05) is 16.2 Å². The fraction of sp³-hybridized carbons (Fsp3) is 0. The first-order chi connectivity index (χ1) is 9.76. The molecule has 0 aliphatic rings. The van der Waals surface area contributed by atoms with Crippen molar-refractivity contribution in [3.8, 4) is 23.1 Å². The second kappa shape index (κ2) is 5.19. The van der Waals surface area contributed by atoms with Crippen LogP contribution < -0.4 is 0 Å². The Bertz CT molecular complexity index is 804. The van der Waals surface area contributed by atoms with Crippen LogP contribution in [0.3, 0.4) is 0 Å². The SMILES string of the molecule is N#Cc1cccc(-c2nnn(-c3cncc(Br)c3)n2)c1. The molecular formula is C13H7BrN6. The quantitative estimate of drug-likeness (QED) is 0.722. The largest absolute Gasteiger partial charge is 0.261 e. The highest BCUT2D eigenvalue weighted by Crippen LogP contribution is 2.17. The van der Waals surface area contributed by atoms with E-state index in [-0.39, 0.29) is 0 Å². The van der Waals surface area contributed by atoms with Crippen molar-refractivity contribution in [2.75, 3.05) is 0 Å². The lowest BCUT2D eigenvalue weighted by molar-refractivity contribution is 0.716. The third-order valence-corrected chi connectivity index (χ3v) is 3.02. The summed E-state index contributed by atoms with van der Waals surface area (Å²) in [7, 11) is 0. The number of benzene rings is 1. The molecule has 2 heterocycles. The minimum atomic E-state index is 0.460. The van der Waals surface area contributed by atoms with Crippen LogP contribution in [0.5, 0.6) is 0 Å². The van der Waals surface area contributed by atoms with Crippen molar-refractivity contribution in [3.63, 3.8) is 0 Å². The van der Waals surface area contributed by atoms with E-state index < -0.39 is 0 Å². The molecule has 0 unspecified atom stereocenters. The van der Waals surface area contributed by atoms with Crippen molar-refractivity contribution in [2.45, 2.75) is 0 Å². The molecule has 0 saturated heterocycles. The van der Waals surface area contributed by atoms with Gasteiger partial charge < -0.3 is 0 Å². The topological polar surface area (TPSA) is 80.3 Å². The number of tetrazole rings is 1. The van der Waals surface area contributed by atoms with Crippen LogP contribution in [-0.2, 0) is 0 Å². The van der Waals surface area contributed by atoms with Crippen LogP contribution in [0.25, 0.3) is 17.1 Å². The summed E-state index contributed by atoms with van der Waals surface area (Å²) < 4.78 is 0.834. The van der Waals surface area contributed by atoms with Gasteiger partial charge in [-0.15, -0.1) is 15.0 Å². The lowest BCUT2D eigenvalue weighted by Gasteiger charge is -1.97. The number of rotatable bonds is 2. The predicted molar refractivity (Wildman–Crippen MR) is 74.8 cm³/mol. The number of hydrogen-bond acceptors (Lipinski definition) is 5. The fourth-order valence-corrected chi connectivity index (χ4v) is 2.03. The van der Waals surface area contributed by atoms with Crippen molar-refractivity contribution in [2.24, 2.45) is 0 Å². The molecule has 0 atom stereocenters. The van der Waals surface area contributed by atoms with Crippen molar-refractivity contribution in [1.29, 1.82) is 5.26 Å². The molecule has 7 heteroatoms. The van der Waals surface area contributed by atoms with E-state index in [1.165, 1.54) is 4.80 Å². The van der Waals surface area contributed by atoms with Gasteiger partial charge in [0.25, 0.3) is 0 Å². The summed E-state index contributed by atoms with van der Waals surface area (Å²) >= 11 is 3.34. The predicted octanol–water partition coefficient (Wildman–Crippen LogP) is 2.36. The molecular weight excluding hydrogens is 320 g/mol. The van der Waals surface area contributed by atoms with Gasteiger partial charge in [0.2, 0.25) is 5.82 Å². The Labute approximate surface area is 122 Å². The third-order valence-electron chi connectivity index (χ3n) is 2.58. The van der Waals surface area contributed by atoms with Crippen LogP contribution in [0.2, 0.25) is 0 Å². The van der Waals surface area contributed by atoms with Crippen molar-refractivity contribution < 1.29 is 0 Å². The number of aromatic nitrogens is 5. The zero-order chi connectivity index (χ0) is 13.9. The molecule has 0 fully saturated rings. The molecule has 1 aromatic carbocycles. The average Bonchev–Trinajstić information content (AvgIpc) is 2.97. The summed E-state index contributed by atoms with van der Waals surface area (Å²) in [4.78, 5) is 5.45. The molecule has 20 heavy (non-hydrogen) atoms. The second-order valence-corrected chi connectivity index (χ2v) is 4.87. The smallest absolute Gasteiger partial charge is 0.205 e. The average molecular weight is 327 g/mol. The van der Waals surface area contributed by atoms with Crippen LogP contribution in [0, 0.1) is 11.3 Å². The minimum absolute atomic E-state index is 0.460. The Morgan fingerprint density at radius 3 is 2.90 bits per heavy atom. The number of halogens is 1. The van der Waals surface area contributed by atoms with Gasteiger partial charge in [-0.3, -0.25) is 4.98 Å². The van der Waals surface area contributed by atoms with E-state index in [1.54, 1.807) is 30.6 Å². The molecule has 0 saturated carbocycles. The van der Waals surface area contributed by atoms with Gasteiger partial charge in [-0.25, -0.2) is 0 Å². The van der Waals surface area contributed by atoms with Gasteiger partial charge in [-0.1, -0.05) is 12.1 Å². The molecule has 0 radical (unpaired) electrons. The van der Waals surface area contributed by atoms with Gasteiger partial charge in [-0.05, 0) is 39.3 Å². The Hall–Kier alpha value is -2.59. The summed E-state index contributed by atoms with van der Waals surface area (Å²) in [6.07, 6.45) is 3.32. The first kappa shape index (κ1) is 12.4. The van der Waals surface area contributed by atoms with Gasteiger partial charge in [-0.2, -0.15) is 5.26 Å². The van der Waals surface area contributed by atoms with Crippen LogP contribution in [0.1, 0.15) is 5.56 Å². The molecule has 0 spiro atoms. The summed E-state index contributed by atoms with van der Waals surface area (Å²) in [5.41, 5.74) is 2.01. The number of nitriles is 1. The number of hydrogen-bond donors (Lipinski definition) is 0. The molecule has 0 bridgehead atoms. The van der Waals surface area contributed by atoms with E-state index in [1.807, 2.05) is 12.1 Å². The summed E-state index contributed by atoms with van der Waals surface area (Å²) in [5.74, 6) is 0.460. The summed E-state index contributed by atoms with van der Waals surface area (Å²) in [5, 5.41) is 21.2. The lowest BCUT2D eigenvalue weighted by Crippen LogP contribution is -1.99. The van der Waals surface area contributed by atoms with E-state index in [9.17, 15) is 0 Å². The second-order valence-electron chi connectivity index (χ2n) is 3.96. The molecule has 6 nitrogen and oxygen atoms in total. The zero-order valence-corrected chi connectivity index (χ0v) is 11.7. The molecule has 3 aromatic rings. The van der Waals surface area contributed by atoms with Crippen molar-refractivity contribution in [1.82, 2.24) is 25.2 Å². The van der Waals surface area contributed by atoms with Gasteiger partial charge in [0.05, 0.1) is 17.8 Å². The van der Waals surface area contributed by atoms with E-state index in [4.69, 9.17) is 5.26 Å². The number of nitrogens with zero attached hydrogens (tertiary/aromatic N) is 6. The molecule has 96 valence electrons. The number of pyridine rings is 1. The van der Waals surface area contributed by atoms with Crippen LogP contribution in [0.4, 0.5) is 0 Å². The van der Waals surface area contributed by atoms with Crippen molar-refractivity contribution >= 4 is 15.9 Å². The van der Waals surface area contributed by atoms with E-state index >= 15 is 0 Å². The highest BCUT2D eigenvalue weighted by atomic mass is 79.9. The Kier molecular flexibility index (Phi) is 3.23. The first-order valence-electron chi connectivity index (χ1n) is 5.68. The maximum atomic E-state index is 8.90. The monoisotopic (exact) mass is 326 g/mol. The normalized spacial score (nSPS) is 10.2. The van der Waals surface area contributed by atoms with Crippen LogP contribution in [-0.4, -0.2) is 25.2 Å². The highest BCUT2D eigenvalue weighted by Gasteiger charge is 2.08. The maximum absolute atomic E-state index is 8.90. The molecule has 0 N–H and O–H groups in total. The Balaban J connectivity index is 2.00. The molecule has 0 aliphatic heterocycles. The van der Waals surface area contributed by atoms with E-state index in [0.717, 1.165) is 10.0 Å². The summed E-state index contributed by atoms with van der Waals surface area (Å²) in [6.45, 7) is 0. The zero-order valence-electron chi connectivity index (χ0n) is 10.1. The summed E-state index contributed by atoms with van der Waals surface area (Å²) in [6, 6.07) is 11.0. The van der Waals surface area contributed by atoms with Crippen LogP contribution >= 0.6 is 15.9 Å². The highest BCUT2D eigenvalue weighted by molar-refractivity contribution is 9.10. The van der Waals surface area contributed by atoms with E-state index in [0.29, 0.717) is 17.1 Å². The Morgan fingerprint density at radius 2 is 2.10 bits per heavy atom. The lowest BCUT2D eigenvalue weighted by atomic mass is 10.1. The fourth-order valence-electron chi connectivity index (χ4n) is 1.68. The van der Waals surface area contributed by atoms with Gasteiger partial charge >= 0.3 is 0 Å². The van der Waals surface area contributed by atoms with Crippen LogP contribution in [0.15, 0.2) is 47.2 Å². The molecule has 0 amide bonds. The van der Waals surface area contributed by atoms with Gasteiger partial charge in [0.1, 0.15) is 5.69 Å². The molecule has 2 aromatic heterocycles. The van der Waals surface area contributed by atoms with Crippen molar-refractivity contribution in [3.05, 3.63) is 52.8 Å². The first-order valence-corrected chi connectivity index (χ1v) is 6.47. The maximum Gasteiger partial charge on any atom is 0.205 e.